The van der Waals surface area contributed by atoms with Gasteiger partial charge in [0, 0.05) is 23.2 Å². The van der Waals surface area contributed by atoms with E-state index in [1.165, 1.54) is 0 Å². The highest BCUT2D eigenvalue weighted by atomic mass is 16.1. The van der Waals surface area contributed by atoms with E-state index in [0.717, 1.165) is 22.4 Å². The number of aromatic nitrogens is 2. The summed E-state index contributed by atoms with van der Waals surface area (Å²) in [6.07, 6.45) is 0.512. The highest BCUT2D eigenvalue weighted by Crippen LogP contribution is 2.19. The number of amidine groups is 1. The maximum absolute atomic E-state index is 13.0. The molecule has 4 N–H and O–H groups in total. The molecule has 0 aliphatic rings. The van der Waals surface area contributed by atoms with Crippen molar-refractivity contribution in [2.75, 3.05) is 0 Å². The smallest absolute Gasteiger partial charge is 0.270 e. The maximum atomic E-state index is 13.0. The van der Waals surface area contributed by atoms with Crippen LogP contribution in [0.15, 0.2) is 53.3 Å². The number of nitrogen functional groups attached to an aromatic ring is 1. The SMILES string of the molecule is CC(C)c1[nH]n(Cc2c[c]ccc2)c(=O)c1Cc1cccc(C(=N)N)c1. The van der Waals surface area contributed by atoms with E-state index in [4.69, 9.17) is 11.1 Å². The highest BCUT2D eigenvalue weighted by molar-refractivity contribution is 5.95. The van der Waals surface area contributed by atoms with Crippen molar-refractivity contribution < 1.29 is 0 Å². The Balaban J connectivity index is 1.97. The Hall–Kier alpha value is -3.08. The minimum absolute atomic E-state index is 0.00854. The highest BCUT2D eigenvalue weighted by Gasteiger charge is 2.17. The molecule has 2 aromatic carbocycles. The predicted molar refractivity (Wildman–Crippen MR) is 104 cm³/mol. The number of aromatic amines is 1. The lowest BCUT2D eigenvalue weighted by atomic mass is 9.98. The molecule has 0 fully saturated rings. The third-order valence-electron chi connectivity index (χ3n) is 4.39. The second-order valence-electron chi connectivity index (χ2n) is 6.75. The Bertz CT molecular complexity index is 967. The van der Waals surface area contributed by atoms with Gasteiger partial charge in [0.15, 0.2) is 0 Å². The fraction of sp³-hybridized carbons (Fsp3) is 0.238. The van der Waals surface area contributed by atoms with E-state index >= 15 is 0 Å². The molecule has 0 bridgehead atoms. The van der Waals surface area contributed by atoms with Crippen LogP contribution in [-0.2, 0) is 13.0 Å². The first-order valence-corrected chi connectivity index (χ1v) is 8.65. The molecule has 0 aliphatic heterocycles. The van der Waals surface area contributed by atoms with Crippen molar-refractivity contribution in [2.45, 2.75) is 32.7 Å². The molecule has 0 saturated heterocycles. The zero-order valence-electron chi connectivity index (χ0n) is 15.0. The Morgan fingerprint density at radius 3 is 2.69 bits per heavy atom. The molecule has 0 spiro atoms. The molecule has 0 aliphatic carbocycles. The lowest BCUT2D eigenvalue weighted by molar-refractivity contribution is 0.640. The Morgan fingerprint density at radius 1 is 1.27 bits per heavy atom. The van der Waals surface area contributed by atoms with Crippen molar-refractivity contribution in [3.05, 3.63) is 92.9 Å². The van der Waals surface area contributed by atoms with Gasteiger partial charge >= 0.3 is 0 Å². The van der Waals surface area contributed by atoms with Gasteiger partial charge in [-0.1, -0.05) is 50.2 Å². The van der Waals surface area contributed by atoms with Crippen LogP contribution in [0.4, 0.5) is 0 Å². The van der Waals surface area contributed by atoms with Gasteiger partial charge in [0.1, 0.15) is 5.84 Å². The van der Waals surface area contributed by atoms with Gasteiger partial charge in [-0.05, 0) is 35.2 Å². The maximum Gasteiger partial charge on any atom is 0.270 e. The van der Waals surface area contributed by atoms with Crippen molar-refractivity contribution in [1.29, 1.82) is 5.41 Å². The molecule has 133 valence electrons. The standard InChI is InChI=1S/C21H23N4O/c1-14(2)19-18(12-16-9-6-10-17(11-16)20(22)23)21(26)25(24-19)13-15-7-4-3-5-8-15/h3-4,6-11,14,24H,12-13H2,1-2H3,(H3,22,23). The summed E-state index contributed by atoms with van der Waals surface area (Å²) in [6, 6.07) is 18.2. The average Bonchev–Trinajstić information content (AvgIpc) is 2.93. The van der Waals surface area contributed by atoms with Gasteiger partial charge in [-0.15, -0.1) is 0 Å². The summed E-state index contributed by atoms with van der Waals surface area (Å²) in [5.41, 5.74) is 9.95. The molecular weight excluding hydrogens is 324 g/mol. The topological polar surface area (TPSA) is 87.7 Å². The molecule has 5 nitrogen and oxygen atoms in total. The van der Waals surface area contributed by atoms with E-state index in [0.29, 0.717) is 18.5 Å². The number of hydrogen-bond acceptors (Lipinski definition) is 2. The summed E-state index contributed by atoms with van der Waals surface area (Å²) < 4.78 is 1.66. The van der Waals surface area contributed by atoms with Gasteiger partial charge in [0.05, 0.1) is 6.54 Å². The molecule has 0 unspecified atom stereocenters. The monoisotopic (exact) mass is 347 g/mol. The van der Waals surface area contributed by atoms with Crippen molar-refractivity contribution in [1.82, 2.24) is 9.78 Å². The van der Waals surface area contributed by atoms with Crippen molar-refractivity contribution in [2.24, 2.45) is 5.73 Å². The number of nitrogens with one attached hydrogen (secondary N) is 2. The first-order valence-electron chi connectivity index (χ1n) is 8.65. The number of nitrogens with zero attached hydrogens (tertiary/aromatic N) is 1. The molecule has 0 amide bonds. The van der Waals surface area contributed by atoms with E-state index < -0.39 is 0 Å². The minimum Gasteiger partial charge on any atom is -0.384 e. The number of hydrogen-bond donors (Lipinski definition) is 3. The summed E-state index contributed by atoms with van der Waals surface area (Å²) in [6.45, 7) is 4.63. The fourth-order valence-corrected chi connectivity index (χ4v) is 3.07. The summed E-state index contributed by atoms with van der Waals surface area (Å²) in [5, 5.41) is 10.9. The van der Waals surface area contributed by atoms with Crippen LogP contribution in [0.3, 0.4) is 0 Å². The van der Waals surface area contributed by atoms with Crippen molar-refractivity contribution in [3.63, 3.8) is 0 Å². The molecule has 1 radical (unpaired) electrons. The molecule has 0 atom stereocenters. The van der Waals surface area contributed by atoms with Crippen LogP contribution in [0.25, 0.3) is 0 Å². The second kappa shape index (κ2) is 7.44. The van der Waals surface area contributed by atoms with Crippen LogP contribution in [0.1, 0.15) is 47.7 Å². The van der Waals surface area contributed by atoms with Crippen LogP contribution in [0.5, 0.6) is 0 Å². The number of rotatable bonds is 6. The van der Waals surface area contributed by atoms with Crippen LogP contribution in [0, 0.1) is 11.5 Å². The first kappa shape index (κ1) is 17.7. The van der Waals surface area contributed by atoms with Crippen LogP contribution in [-0.4, -0.2) is 15.6 Å². The van der Waals surface area contributed by atoms with Crippen LogP contribution >= 0.6 is 0 Å². The largest absolute Gasteiger partial charge is 0.384 e. The van der Waals surface area contributed by atoms with Gasteiger partial charge in [-0.2, -0.15) is 0 Å². The van der Waals surface area contributed by atoms with E-state index in [-0.39, 0.29) is 17.3 Å². The van der Waals surface area contributed by atoms with Gasteiger partial charge in [0.25, 0.3) is 5.56 Å². The zero-order chi connectivity index (χ0) is 18.7. The third-order valence-corrected chi connectivity index (χ3v) is 4.39. The molecule has 5 heteroatoms. The molecular formula is C21H23N4O. The lowest BCUT2D eigenvalue weighted by Crippen LogP contribution is -2.20. The van der Waals surface area contributed by atoms with Crippen molar-refractivity contribution >= 4 is 5.84 Å². The van der Waals surface area contributed by atoms with E-state index in [1.54, 1.807) is 10.7 Å². The van der Waals surface area contributed by atoms with Crippen molar-refractivity contribution in [3.8, 4) is 0 Å². The lowest BCUT2D eigenvalue weighted by Gasteiger charge is -2.07. The molecule has 3 aromatic rings. The van der Waals surface area contributed by atoms with Gasteiger partial charge < -0.3 is 5.73 Å². The summed E-state index contributed by atoms with van der Waals surface area (Å²) in [7, 11) is 0. The number of nitrogens with two attached hydrogens (primary N) is 1. The van der Waals surface area contributed by atoms with Gasteiger partial charge in [-0.3, -0.25) is 15.3 Å². The fourth-order valence-electron chi connectivity index (χ4n) is 3.07. The number of H-pyrrole nitrogens is 1. The first-order chi connectivity index (χ1) is 12.5. The summed E-state index contributed by atoms with van der Waals surface area (Å²) in [4.78, 5) is 13.0. The van der Waals surface area contributed by atoms with Crippen LogP contribution in [0.2, 0.25) is 0 Å². The molecule has 1 heterocycles. The predicted octanol–water partition coefficient (Wildman–Crippen LogP) is 3.02. The molecule has 26 heavy (non-hydrogen) atoms. The Kier molecular flexibility index (Phi) is 5.07. The second-order valence-corrected chi connectivity index (χ2v) is 6.75. The quantitative estimate of drug-likeness (QED) is 0.473. The summed E-state index contributed by atoms with van der Waals surface area (Å²) in [5.74, 6) is 0.236. The zero-order valence-corrected chi connectivity index (χ0v) is 15.0. The van der Waals surface area contributed by atoms with E-state index in [9.17, 15) is 4.79 Å². The summed E-state index contributed by atoms with van der Waals surface area (Å²) >= 11 is 0. The number of benzene rings is 2. The normalized spacial score (nSPS) is 11.0. The van der Waals surface area contributed by atoms with Gasteiger partial charge in [-0.25, -0.2) is 4.68 Å². The average molecular weight is 347 g/mol. The molecule has 1 aromatic heterocycles. The third kappa shape index (κ3) is 3.77. The van der Waals surface area contributed by atoms with E-state index in [2.05, 4.69) is 25.0 Å². The Morgan fingerprint density at radius 2 is 2.04 bits per heavy atom. The Labute approximate surface area is 153 Å². The van der Waals surface area contributed by atoms with Crippen LogP contribution < -0.4 is 11.3 Å². The van der Waals surface area contributed by atoms with Gasteiger partial charge in [0.2, 0.25) is 0 Å². The molecule has 3 rings (SSSR count). The minimum atomic E-state index is -0.00854. The molecule has 0 saturated carbocycles. The van der Waals surface area contributed by atoms with E-state index in [1.807, 2.05) is 42.5 Å².